The van der Waals surface area contributed by atoms with E-state index in [1.807, 2.05) is 13.8 Å². The Hall–Kier alpha value is -1.23. The number of benzene rings is 1. The van der Waals surface area contributed by atoms with E-state index in [-0.39, 0.29) is 6.10 Å². The summed E-state index contributed by atoms with van der Waals surface area (Å²) in [6.45, 7) is 3.76. The lowest BCUT2D eigenvalue weighted by molar-refractivity contribution is -0.138. The summed E-state index contributed by atoms with van der Waals surface area (Å²) in [6.07, 6.45) is -5.23. The molecule has 0 bridgehead atoms. The van der Waals surface area contributed by atoms with Crippen molar-refractivity contribution in [1.82, 2.24) is 0 Å². The first kappa shape index (κ1) is 13.8. The highest BCUT2D eigenvalue weighted by Gasteiger charge is 2.30. The summed E-state index contributed by atoms with van der Waals surface area (Å²) in [4.78, 5) is 0. The number of rotatable bonds is 4. The summed E-state index contributed by atoms with van der Waals surface area (Å²) in [5, 5.41) is 0. The third-order valence-electron chi connectivity index (χ3n) is 2.13. The molecule has 0 saturated heterocycles. The summed E-state index contributed by atoms with van der Waals surface area (Å²) in [6, 6.07) is 5.36. The molecule has 0 aliphatic rings. The van der Waals surface area contributed by atoms with E-state index in [0.29, 0.717) is 11.3 Å². The minimum atomic E-state index is -4.24. The molecular weight excluding hydrogens is 231 g/mol. The molecule has 0 radical (unpaired) electrons. The Bertz CT molecular complexity index is 346. The lowest BCUT2D eigenvalue weighted by Gasteiger charge is -2.15. The third-order valence-corrected chi connectivity index (χ3v) is 2.13. The second-order valence-corrected chi connectivity index (χ2v) is 4.16. The fourth-order valence-corrected chi connectivity index (χ4v) is 1.43. The zero-order chi connectivity index (χ0) is 13.1. The highest BCUT2D eigenvalue weighted by Crippen LogP contribution is 2.28. The quantitative estimate of drug-likeness (QED) is 0.884. The highest BCUT2D eigenvalue weighted by atomic mass is 19.4. The molecule has 17 heavy (non-hydrogen) atoms. The fourth-order valence-electron chi connectivity index (χ4n) is 1.43. The van der Waals surface area contributed by atoms with Crippen LogP contribution in [0.5, 0.6) is 5.75 Å². The van der Waals surface area contributed by atoms with Gasteiger partial charge in [0.1, 0.15) is 5.75 Å². The van der Waals surface area contributed by atoms with Crippen LogP contribution in [-0.4, -0.2) is 12.3 Å². The fraction of sp³-hybridized carbons (Fsp3) is 0.500. The highest BCUT2D eigenvalue weighted by molar-refractivity contribution is 5.29. The molecule has 96 valence electrons. The molecule has 1 aromatic rings. The zero-order valence-corrected chi connectivity index (χ0v) is 9.79. The van der Waals surface area contributed by atoms with Gasteiger partial charge in [-0.3, -0.25) is 0 Å². The molecule has 2 N–H and O–H groups in total. The van der Waals surface area contributed by atoms with E-state index < -0.39 is 18.6 Å². The van der Waals surface area contributed by atoms with Crippen molar-refractivity contribution in [2.24, 2.45) is 5.73 Å². The van der Waals surface area contributed by atoms with Gasteiger partial charge in [0, 0.05) is 6.04 Å². The smallest absolute Gasteiger partial charge is 0.390 e. The van der Waals surface area contributed by atoms with E-state index in [9.17, 15) is 13.2 Å². The predicted molar refractivity (Wildman–Crippen MR) is 59.8 cm³/mol. The molecule has 0 spiro atoms. The number of alkyl halides is 3. The average molecular weight is 247 g/mol. The van der Waals surface area contributed by atoms with Gasteiger partial charge in [-0.2, -0.15) is 13.2 Å². The minimum absolute atomic E-state index is 0.0321. The van der Waals surface area contributed by atoms with Crippen LogP contribution in [0.2, 0.25) is 0 Å². The molecule has 1 rings (SSSR count). The molecule has 0 saturated carbocycles. The van der Waals surface area contributed by atoms with Crippen molar-refractivity contribution < 1.29 is 17.9 Å². The van der Waals surface area contributed by atoms with E-state index in [1.54, 1.807) is 24.3 Å². The van der Waals surface area contributed by atoms with Gasteiger partial charge >= 0.3 is 6.18 Å². The normalized spacial score (nSPS) is 13.8. The topological polar surface area (TPSA) is 35.2 Å². The van der Waals surface area contributed by atoms with Crippen molar-refractivity contribution in [3.8, 4) is 5.75 Å². The molecule has 0 fully saturated rings. The standard InChI is InChI=1S/C12H16F3NO/c1-8(2)17-10-5-3-9(4-6-10)11(16)7-12(13,14)15/h3-6,8,11H,7,16H2,1-2H3/t11-/m1/s1. The Labute approximate surface area is 98.6 Å². The van der Waals surface area contributed by atoms with Gasteiger partial charge in [0.05, 0.1) is 12.5 Å². The minimum Gasteiger partial charge on any atom is -0.491 e. The van der Waals surface area contributed by atoms with Gasteiger partial charge in [0.2, 0.25) is 0 Å². The molecule has 5 heteroatoms. The summed E-state index contributed by atoms with van der Waals surface area (Å²) in [5.74, 6) is 0.628. The van der Waals surface area contributed by atoms with Gasteiger partial charge < -0.3 is 10.5 Å². The number of ether oxygens (including phenoxy) is 1. The molecule has 0 heterocycles. The predicted octanol–water partition coefficient (Wildman–Crippen LogP) is 3.43. The number of nitrogens with two attached hydrogens (primary N) is 1. The number of hydrogen-bond donors (Lipinski definition) is 1. The maximum absolute atomic E-state index is 12.1. The summed E-state index contributed by atoms with van der Waals surface area (Å²) >= 11 is 0. The number of halogens is 3. The Morgan fingerprint density at radius 3 is 2.12 bits per heavy atom. The van der Waals surface area contributed by atoms with E-state index in [4.69, 9.17) is 10.5 Å². The molecule has 2 nitrogen and oxygen atoms in total. The molecule has 0 aromatic heterocycles. The lowest BCUT2D eigenvalue weighted by Crippen LogP contribution is -2.20. The maximum atomic E-state index is 12.1. The molecular formula is C12H16F3NO. The van der Waals surface area contributed by atoms with Crippen molar-refractivity contribution in [2.75, 3.05) is 0 Å². The first-order chi connectivity index (χ1) is 7.78. The van der Waals surface area contributed by atoms with E-state index in [2.05, 4.69) is 0 Å². The van der Waals surface area contributed by atoms with E-state index >= 15 is 0 Å². The van der Waals surface area contributed by atoms with E-state index in [0.717, 1.165) is 0 Å². The molecule has 0 amide bonds. The third kappa shape index (κ3) is 5.08. The average Bonchev–Trinajstić information content (AvgIpc) is 2.15. The van der Waals surface area contributed by atoms with Crippen LogP contribution in [0.3, 0.4) is 0 Å². The van der Waals surface area contributed by atoms with Gasteiger partial charge in [-0.15, -0.1) is 0 Å². The second-order valence-electron chi connectivity index (χ2n) is 4.16. The van der Waals surface area contributed by atoms with Crippen molar-refractivity contribution in [2.45, 2.75) is 38.6 Å². The van der Waals surface area contributed by atoms with Crippen LogP contribution in [0.15, 0.2) is 24.3 Å². The number of hydrogen-bond acceptors (Lipinski definition) is 2. The Morgan fingerprint density at radius 1 is 1.18 bits per heavy atom. The Kier molecular flexibility index (Phi) is 4.40. The van der Waals surface area contributed by atoms with Crippen molar-refractivity contribution in [3.05, 3.63) is 29.8 Å². The molecule has 1 aromatic carbocycles. The first-order valence-corrected chi connectivity index (χ1v) is 5.37. The van der Waals surface area contributed by atoms with Crippen LogP contribution >= 0.6 is 0 Å². The molecule has 0 aliphatic carbocycles. The van der Waals surface area contributed by atoms with Gasteiger partial charge in [0.15, 0.2) is 0 Å². The molecule has 1 atom stereocenters. The van der Waals surface area contributed by atoms with Crippen molar-refractivity contribution in [3.63, 3.8) is 0 Å². The first-order valence-electron chi connectivity index (χ1n) is 5.37. The van der Waals surface area contributed by atoms with E-state index in [1.165, 1.54) is 0 Å². The van der Waals surface area contributed by atoms with Crippen LogP contribution in [0.4, 0.5) is 13.2 Å². The van der Waals surface area contributed by atoms with Crippen LogP contribution in [0.1, 0.15) is 31.9 Å². The summed E-state index contributed by atoms with van der Waals surface area (Å²) < 4.78 is 41.8. The maximum Gasteiger partial charge on any atom is 0.390 e. The molecule has 0 unspecified atom stereocenters. The van der Waals surface area contributed by atoms with Crippen LogP contribution in [-0.2, 0) is 0 Å². The largest absolute Gasteiger partial charge is 0.491 e. The Morgan fingerprint density at radius 2 is 1.71 bits per heavy atom. The van der Waals surface area contributed by atoms with Crippen LogP contribution in [0.25, 0.3) is 0 Å². The second kappa shape index (κ2) is 5.40. The van der Waals surface area contributed by atoms with Crippen molar-refractivity contribution >= 4 is 0 Å². The van der Waals surface area contributed by atoms with Gasteiger partial charge in [0.25, 0.3) is 0 Å². The summed E-state index contributed by atoms with van der Waals surface area (Å²) in [7, 11) is 0. The molecule has 0 aliphatic heterocycles. The van der Waals surface area contributed by atoms with Crippen LogP contribution < -0.4 is 10.5 Å². The zero-order valence-electron chi connectivity index (χ0n) is 9.79. The Balaban J connectivity index is 2.67. The van der Waals surface area contributed by atoms with Gasteiger partial charge in [-0.1, -0.05) is 12.1 Å². The van der Waals surface area contributed by atoms with Crippen molar-refractivity contribution in [1.29, 1.82) is 0 Å². The van der Waals surface area contributed by atoms with Gasteiger partial charge in [-0.25, -0.2) is 0 Å². The lowest BCUT2D eigenvalue weighted by atomic mass is 10.0. The SMILES string of the molecule is CC(C)Oc1ccc([C@H](N)CC(F)(F)F)cc1. The summed E-state index contributed by atoms with van der Waals surface area (Å²) in [5.41, 5.74) is 5.93. The van der Waals surface area contributed by atoms with Gasteiger partial charge in [-0.05, 0) is 31.5 Å². The van der Waals surface area contributed by atoms with Crippen LogP contribution in [0, 0.1) is 0 Å². The monoisotopic (exact) mass is 247 g/mol.